The van der Waals surface area contributed by atoms with Crippen LogP contribution in [0.1, 0.15) is 74.8 Å². The van der Waals surface area contributed by atoms with E-state index >= 15 is 0 Å². The van der Waals surface area contributed by atoms with Crippen LogP contribution in [0.25, 0.3) is 0 Å². The first kappa shape index (κ1) is 13.7. The molecule has 2 saturated carbocycles. The smallest absolute Gasteiger partial charge is 0.139 e. The Balaban J connectivity index is 1.59. The molecule has 2 aliphatic rings. The maximum absolute atomic E-state index is 5.51. The third-order valence-electron chi connectivity index (χ3n) is 4.64. The molecule has 0 N–H and O–H groups in total. The van der Waals surface area contributed by atoms with E-state index in [0.717, 1.165) is 24.3 Å². The Hall–Kier alpha value is -1.31. The highest BCUT2D eigenvalue weighted by atomic mass is 16.6. The highest BCUT2D eigenvalue weighted by Crippen LogP contribution is 2.32. The Labute approximate surface area is 122 Å². The summed E-state index contributed by atoms with van der Waals surface area (Å²) in [5, 5.41) is 4.06. The Kier molecular flexibility index (Phi) is 4.73. The molecule has 2 fully saturated rings. The van der Waals surface area contributed by atoms with Crippen molar-refractivity contribution in [1.82, 2.24) is 0 Å². The van der Waals surface area contributed by atoms with Crippen LogP contribution in [0.5, 0.6) is 0 Å². The molecule has 0 bridgehead atoms. The summed E-state index contributed by atoms with van der Waals surface area (Å²) in [5.41, 5.74) is 2.50. The minimum absolute atomic E-state index is 0.323. The zero-order valence-corrected chi connectivity index (χ0v) is 12.2. The van der Waals surface area contributed by atoms with Gasteiger partial charge in [-0.3, -0.25) is 0 Å². The molecular weight excluding hydrogens is 246 g/mol. The van der Waals surface area contributed by atoms with Gasteiger partial charge in [0.25, 0.3) is 0 Å². The van der Waals surface area contributed by atoms with Gasteiger partial charge in [-0.25, -0.2) is 0 Å². The second kappa shape index (κ2) is 6.92. The van der Waals surface area contributed by atoms with Gasteiger partial charge < -0.3 is 4.84 Å². The van der Waals surface area contributed by atoms with Crippen LogP contribution in [-0.4, -0.2) is 12.3 Å². The quantitative estimate of drug-likeness (QED) is 0.563. The van der Waals surface area contributed by atoms with Crippen LogP contribution in [0.15, 0.2) is 29.4 Å². The first-order chi connectivity index (χ1) is 9.92. The summed E-state index contributed by atoms with van der Waals surface area (Å²) >= 11 is 0. The Morgan fingerprint density at radius 3 is 2.50 bits per heavy atom. The number of nitrogens with zero attached hydrogens (tertiary/aromatic N) is 1. The molecule has 0 spiro atoms. The molecule has 1 aromatic rings. The fourth-order valence-electron chi connectivity index (χ4n) is 3.45. The molecule has 0 heterocycles. The van der Waals surface area contributed by atoms with Gasteiger partial charge in [-0.2, -0.15) is 0 Å². The van der Waals surface area contributed by atoms with Crippen molar-refractivity contribution in [3.05, 3.63) is 35.4 Å². The van der Waals surface area contributed by atoms with Gasteiger partial charge in [0.05, 0.1) is 0 Å². The molecule has 1 radical (unpaired) electrons. The number of hydrogen-bond acceptors (Lipinski definition) is 2. The van der Waals surface area contributed by atoms with Crippen LogP contribution >= 0.6 is 0 Å². The Morgan fingerprint density at radius 2 is 1.70 bits per heavy atom. The average molecular weight is 270 g/mol. The maximum Gasteiger partial charge on any atom is 0.139 e. The fourth-order valence-corrected chi connectivity index (χ4v) is 3.45. The standard InChI is InChI=1S/C18H24NO/c1-2-8-16(9-3-1)17-10-6-7-15(13-17)14-19-20-18-11-4-5-12-18/h6-7,10,13,16,18H,1-5,8-9,11-12H2. The molecule has 0 atom stereocenters. The molecule has 107 valence electrons. The largest absolute Gasteiger partial charge is 0.392 e. The summed E-state index contributed by atoms with van der Waals surface area (Å²) in [7, 11) is 0. The highest BCUT2D eigenvalue weighted by molar-refractivity contribution is 5.79. The number of benzene rings is 1. The van der Waals surface area contributed by atoms with E-state index in [4.69, 9.17) is 4.84 Å². The maximum atomic E-state index is 5.51. The molecule has 2 nitrogen and oxygen atoms in total. The normalized spacial score (nSPS) is 21.6. The molecule has 3 rings (SSSR count). The second-order valence-electron chi connectivity index (χ2n) is 6.18. The molecule has 0 amide bonds. The fraction of sp³-hybridized carbons (Fsp3) is 0.611. The minimum Gasteiger partial charge on any atom is -0.392 e. The van der Waals surface area contributed by atoms with E-state index in [1.165, 1.54) is 50.5 Å². The van der Waals surface area contributed by atoms with Gasteiger partial charge >= 0.3 is 0 Å². The van der Waals surface area contributed by atoms with E-state index in [1.54, 1.807) is 0 Å². The lowest BCUT2D eigenvalue weighted by Crippen LogP contribution is -2.05. The first-order valence-corrected chi connectivity index (χ1v) is 8.13. The lowest BCUT2D eigenvalue weighted by atomic mass is 9.84. The molecule has 0 unspecified atom stereocenters. The summed E-state index contributed by atoms with van der Waals surface area (Å²) in [4.78, 5) is 5.51. The highest BCUT2D eigenvalue weighted by Gasteiger charge is 2.16. The Bertz CT molecular complexity index is 442. The van der Waals surface area contributed by atoms with Crippen LogP contribution in [0, 0.1) is 0 Å². The Morgan fingerprint density at radius 1 is 0.950 bits per heavy atom. The van der Waals surface area contributed by atoms with Crippen molar-refractivity contribution in [2.75, 3.05) is 0 Å². The van der Waals surface area contributed by atoms with Crippen molar-refractivity contribution in [1.29, 1.82) is 0 Å². The third-order valence-corrected chi connectivity index (χ3v) is 4.64. The van der Waals surface area contributed by atoms with E-state index < -0.39 is 0 Å². The van der Waals surface area contributed by atoms with Gasteiger partial charge in [0, 0.05) is 5.56 Å². The summed E-state index contributed by atoms with van der Waals surface area (Å²) in [6.07, 6.45) is 15.0. The van der Waals surface area contributed by atoms with Crippen LogP contribution in [0.3, 0.4) is 0 Å². The van der Waals surface area contributed by atoms with E-state index in [2.05, 4.69) is 35.6 Å². The SMILES string of the molecule is [C](=N\OC1CCCC1)/c1cccc(C2CCCCC2)c1. The minimum atomic E-state index is 0.323. The lowest BCUT2D eigenvalue weighted by molar-refractivity contribution is 0.0657. The summed E-state index contributed by atoms with van der Waals surface area (Å²) in [6, 6.07) is 8.67. The van der Waals surface area contributed by atoms with E-state index in [9.17, 15) is 0 Å². The van der Waals surface area contributed by atoms with Gasteiger partial charge in [-0.05, 0) is 56.1 Å². The predicted octanol–water partition coefficient (Wildman–Crippen LogP) is 4.90. The third kappa shape index (κ3) is 3.62. The summed E-state index contributed by atoms with van der Waals surface area (Å²) < 4.78 is 0. The molecule has 0 saturated heterocycles. The number of rotatable bonds is 4. The number of hydrogen-bond donors (Lipinski definition) is 0. The van der Waals surface area contributed by atoms with E-state index in [1.807, 2.05) is 0 Å². The van der Waals surface area contributed by atoms with Crippen LogP contribution in [0.4, 0.5) is 0 Å². The van der Waals surface area contributed by atoms with Crippen LogP contribution in [-0.2, 0) is 4.84 Å². The summed E-state index contributed by atoms with van der Waals surface area (Å²) in [5.74, 6) is 0.737. The zero-order chi connectivity index (χ0) is 13.6. The topological polar surface area (TPSA) is 21.6 Å². The summed E-state index contributed by atoms with van der Waals surface area (Å²) in [6.45, 7) is 0. The van der Waals surface area contributed by atoms with Gasteiger partial charge in [0.1, 0.15) is 12.3 Å². The monoisotopic (exact) mass is 270 g/mol. The first-order valence-electron chi connectivity index (χ1n) is 8.13. The van der Waals surface area contributed by atoms with Crippen LogP contribution < -0.4 is 0 Å². The van der Waals surface area contributed by atoms with Gasteiger partial charge in [-0.1, -0.05) is 42.6 Å². The van der Waals surface area contributed by atoms with Crippen LogP contribution in [0.2, 0.25) is 0 Å². The average Bonchev–Trinajstić information content (AvgIpc) is 3.02. The van der Waals surface area contributed by atoms with Gasteiger partial charge in [-0.15, -0.1) is 0 Å². The van der Waals surface area contributed by atoms with Crippen molar-refractivity contribution in [2.45, 2.75) is 69.8 Å². The molecule has 1 aromatic carbocycles. The van der Waals surface area contributed by atoms with Crippen molar-refractivity contribution < 1.29 is 4.84 Å². The van der Waals surface area contributed by atoms with E-state index in [0.29, 0.717) is 6.10 Å². The molecule has 0 aromatic heterocycles. The van der Waals surface area contributed by atoms with Crippen molar-refractivity contribution in [3.63, 3.8) is 0 Å². The van der Waals surface area contributed by atoms with E-state index in [-0.39, 0.29) is 0 Å². The molecule has 0 aliphatic heterocycles. The molecule has 20 heavy (non-hydrogen) atoms. The van der Waals surface area contributed by atoms with Gasteiger partial charge in [0.15, 0.2) is 0 Å². The van der Waals surface area contributed by atoms with Crippen molar-refractivity contribution >= 4 is 6.21 Å². The van der Waals surface area contributed by atoms with Gasteiger partial charge in [0.2, 0.25) is 0 Å². The van der Waals surface area contributed by atoms with Crippen molar-refractivity contribution in [3.8, 4) is 0 Å². The molecular formula is C18H24NO. The lowest BCUT2D eigenvalue weighted by Gasteiger charge is -2.22. The second-order valence-corrected chi connectivity index (χ2v) is 6.18. The molecule has 2 heteroatoms. The predicted molar refractivity (Wildman–Crippen MR) is 82.1 cm³/mol. The zero-order valence-electron chi connectivity index (χ0n) is 12.2. The molecule has 2 aliphatic carbocycles. The van der Waals surface area contributed by atoms with Crippen molar-refractivity contribution in [2.24, 2.45) is 5.16 Å².